The summed E-state index contributed by atoms with van der Waals surface area (Å²) in [6, 6.07) is 4.96. The molecule has 0 radical (unpaired) electrons. The SMILES string of the molecule is Cc1nccc(N2CC3CC(C2)N3c2ccc(C(F)(F)F)cn2)n1. The minimum atomic E-state index is -4.35. The highest BCUT2D eigenvalue weighted by Crippen LogP contribution is 2.38. The third-order valence-electron chi connectivity index (χ3n) is 4.62. The lowest BCUT2D eigenvalue weighted by molar-refractivity contribution is -0.137. The Balaban J connectivity index is 1.49. The smallest absolute Gasteiger partial charge is 0.352 e. The Morgan fingerprint density at radius 2 is 1.79 bits per heavy atom. The number of piperidine rings is 1. The molecule has 3 saturated heterocycles. The molecule has 3 aliphatic rings. The topological polar surface area (TPSA) is 45.2 Å². The summed E-state index contributed by atoms with van der Waals surface area (Å²) in [5.74, 6) is 2.24. The molecule has 3 fully saturated rings. The van der Waals surface area contributed by atoms with Crippen LogP contribution in [-0.2, 0) is 6.18 Å². The highest BCUT2D eigenvalue weighted by Gasteiger charge is 2.45. The Kier molecular flexibility index (Phi) is 3.36. The lowest BCUT2D eigenvalue weighted by Gasteiger charge is -2.57. The number of fused-ring (bicyclic) bond motifs is 2. The number of hydrogen-bond donors (Lipinski definition) is 0. The van der Waals surface area contributed by atoms with E-state index < -0.39 is 11.7 Å². The van der Waals surface area contributed by atoms with Crippen LogP contribution in [0.3, 0.4) is 0 Å². The molecule has 3 aliphatic heterocycles. The Morgan fingerprint density at radius 3 is 2.38 bits per heavy atom. The van der Waals surface area contributed by atoms with E-state index in [-0.39, 0.29) is 12.1 Å². The maximum Gasteiger partial charge on any atom is 0.417 e. The van der Waals surface area contributed by atoms with Crippen molar-refractivity contribution in [1.29, 1.82) is 0 Å². The second-order valence-corrected chi connectivity index (χ2v) is 6.22. The molecule has 2 aromatic heterocycles. The highest BCUT2D eigenvalue weighted by atomic mass is 19.4. The summed E-state index contributed by atoms with van der Waals surface area (Å²) in [4.78, 5) is 16.9. The van der Waals surface area contributed by atoms with Gasteiger partial charge < -0.3 is 9.80 Å². The van der Waals surface area contributed by atoms with Crippen molar-refractivity contribution in [1.82, 2.24) is 15.0 Å². The largest absolute Gasteiger partial charge is 0.417 e. The second-order valence-electron chi connectivity index (χ2n) is 6.22. The fourth-order valence-corrected chi connectivity index (χ4v) is 3.50. The zero-order chi connectivity index (χ0) is 16.9. The number of anilines is 2. The van der Waals surface area contributed by atoms with Gasteiger partial charge in [0.05, 0.1) is 17.6 Å². The Bertz CT molecular complexity index is 734. The van der Waals surface area contributed by atoms with Gasteiger partial charge in [-0.2, -0.15) is 13.2 Å². The number of piperazine rings is 1. The maximum absolute atomic E-state index is 12.6. The fourth-order valence-electron chi connectivity index (χ4n) is 3.50. The van der Waals surface area contributed by atoms with E-state index in [9.17, 15) is 13.2 Å². The van der Waals surface area contributed by atoms with Gasteiger partial charge >= 0.3 is 6.18 Å². The molecule has 0 aromatic carbocycles. The predicted octanol–water partition coefficient (Wildman–Crippen LogP) is 2.67. The van der Waals surface area contributed by atoms with E-state index in [1.807, 2.05) is 13.0 Å². The third kappa shape index (κ3) is 2.55. The number of pyridine rings is 1. The quantitative estimate of drug-likeness (QED) is 0.844. The van der Waals surface area contributed by atoms with E-state index >= 15 is 0 Å². The molecule has 2 atom stereocenters. The van der Waals surface area contributed by atoms with Crippen LogP contribution < -0.4 is 9.80 Å². The summed E-state index contributed by atoms with van der Waals surface area (Å²) in [6.07, 6.45) is -0.663. The van der Waals surface area contributed by atoms with Crippen molar-refractivity contribution in [3.8, 4) is 0 Å². The molecule has 0 saturated carbocycles. The second kappa shape index (κ2) is 5.32. The van der Waals surface area contributed by atoms with Crippen molar-refractivity contribution in [2.75, 3.05) is 22.9 Å². The van der Waals surface area contributed by atoms with Crippen LogP contribution in [0.5, 0.6) is 0 Å². The summed E-state index contributed by atoms with van der Waals surface area (Å²) >= 11 is 0. The first-order valence-electron chi connectivity index (χ1n) is 7.78. The van der Waals surface area contributed by atoms with E-state index in [1.165, 1.54) is 6.07 Å². The molecule has 126 valence electrons. The first-order valence-corrected chi connectivity index (χ1v) is 7.78. The fraction of sp³-hybridized carbons (Fsp3) is 0.438. The molecule has 0 N–H and O–H groups in total. The highest BCUT2D eigenvalue weighted by molar-refractivity contribution is 5.52. The Hall–Kier alpha value is -2.38. The summed E-state index contributed by atoms with van der Waals surface area (Å²) in [7, 11) is 0. The van der Waals surface area contributed by atoms with Gasteiger partial charge in [-0.15, -0.1) is 0 Å². The van der Waals surface area contributed by atoms with Crippen LogP contribution in [0.25, 0.3) is 0 Å². The lowest BCUT2D eigenvalue weighted by atomic mass is 9.87. The Morgan fingerprint density at radius 1 is 1.04 bits per heavy atom. The van der Waals surface area contributed by atoms with Crippen molar-refractivity contribution in [3.05, 3.63) is 42.0 Å². The van der Waals surface area contributed by atoms with Crippen LogP contribution in [0.4, 0.5) is 24.8 Å². The molecule has 24 heavy (non-hydrogen) atoms. The van der Waals surface area contributed by atoms with Gasteiger partial charge in [0.2, 0.25) is 0 Å². The van der Waals surface area contributed by atoms with E-state index in [2.05, 4.69) is 24.8 Å². The predicted molar refractivity (Wildman–Crippen MR) is 82.9 cm³/mol. The summed E-state index contributed by atoms with van der Waals surface area (Å²) in [6.45, 7) is 3.43. The average Bonchev–Trinajstić information content (AvgIpc) is 2.54. The van der Waals surface area contributed by atoms with Crippen LogP contribution in [0.1, 0.15) is 17.8 Å². The van der Waals surface area contributed by atoms with Crippen molar-refractivity contribution in [3.63, 3.8) is 0 Å². The number of halogens is 3. The molecule has 0 spiro atoms. The molecular formula is C16H16F3N5. The molecule has 2 unspecified atom stereocenters. The number of alkyl halides is 3. The van der Waals surface area contributed by atoms with Gasteiger partial charge in [-0.05, 0) is 31.5 Å². The van der Waals surface area contributed by atoms with Crippen LogP contribution >= 0.6 is 0 Å². The minimum Gasteiger partial charge on any atom is -0.352 e. The van der Waals surface area contributed by atoms with E-state index in [0.29, 0.717) is 5.82 Å². The van der Waals surface area contributed by atoms with Crippen LogP contribution in [0, 0.1) is 6.92 Å². The van der Waals surface area contributed by atoms with E-state index in [0.717, 1.165) is 43.4 Å². The molecule has 8 heteroatoms. The Labute approximate surface area is 137 Å². The number of aromatic nitrogens is 3. The van der Waals surface area contributed by atoms with E-state index in [1.54, 1.807) is 6.20 Å². The van der Waals surface area contributed by atoms with Gasteiger partial charge in [-0.25, -0.2) is 15.0 Å². The van der Waals surface area contributed by atoms with Crippen LogP contribution in [-0.4, -0.2) is 40.1 Å². The minimum absolute atomic E-state index is 0.253. The van der Waals surface area contributed by atoms with Crippen molar-refractivity contribution < 1.29 is 13.2 Å². The molecule has 0 aliphatic carbocycles. The monoisotopic (exact) mass is 335 g/mol. The number of nitrogens with zero attached hydrogens (tertiary/aromatic N) is 5. The van der Waals surface area contributed by atoms with Gasteiger partial charge in [0, 0.05) is 25.5 Å². The summed E-state index contributed by atoms with van der Waals surface area (Å²) in [5.41, 5.74) is -0.713. The molecule has 5 rings (SSSR count). The van der Waals surface area contributed by atoms with Crippen molar-refractivity contribution in [2.45, 2.75) is 31.6 Å². The maximum atomic E-state index is 12.6. The van der Waals surface area contributed by atoms with Gasteiger partial charge in [0.25, 0.3) is 0 Å². The number of rotatable bonds is 2. The molecule has 5 heterocycles. The molecule has 2 aromatic rings. The van der Waals surface area contributed by atoms with Crippen molar-refractivity contribution in [2.24, 2.45) is 0 Å². The zero-order valence-corrected chi connectivity index (χ0v) is 13.0. The van der Waals surface area contributed by atoms with Gasteiger partial charge in [-0.3, -0.25) is 0 Å². The number of hydrogen-bond acceptors (Lipinski definition) is 5. The number of aryl methyl sites for hydroxylation is 1. The summed E-state index contributed by atoms with van der Waals surface area (Å²) < 4.78 is 37.9. The zero-order valence-electron chi connectivity index (χ0n) is 13.0. The lowest BCUT2D eigenvalue weighted by Crippen LogP contribution is -2.69. The van der Waals surface area contributed by atoms with Gasteiger partial charge in [0.15, 0.2) is 0 Å². The van der Waals surface area contributed by atoms with Crippen LogP contribution in [0.15, 0.2) is 30.6 Å². The molecule has 2 bridgehead atoms. The molecule has 0 amide bonds. The normalized spacial score (nSPS) is 23.2. The average molecular weight is 335 g/mol. The first kappa shape index (κ1) is 15.2. The molecular weight excluding hydrogens is 319 g/mol. The van der Waals surface area contributed by atoms with Gasteiger partial charge in [0.1, 0.15) is 17.5 Å². The molecule has 5 nitrogen and oxygen atoms in total. The van der Waals surface area contributed by atoms with Crippen LogP contribution in [0.2, 0.25) is 0 Å². The summed E-state index contributed by atoms with van der Waals surface area (Å²) in [5, 5.41) is 0. The first-order chi connectivity index (χ1) is 11.4. The standard InChI is InChI=1S/C16H16F3N5/c1-10-20-5-4-15(22-10)23-8-12-6-13(9-23)24(12)14-3-2-11(7-21-14)16(17,18)19/h2-5,7,12-13H,6,8-9H2,1H3. The van der Waals surface area contributed by atoms with Gasteiger partial charge in [-0.1, -0.05) is 0 Å². The van der Waals surface area contributed by atoms with Crippen molar-refractivity contribution >= 4 is 11.6 Å². The van der Waals surface area contributed by atoms with E-state index in [4.69, 9.17) is 0 Å². The third-order valence-corrected chi connectivity index (χ3v) is 4.62.